The number of nitrogens with zero attached hydrogens (tertiary/aromatic N) is 3. The molecule has 0 aromatic carbocycles. The summed E-state index contributed by atoms with van der Waals surface area (Å²) in [5.41, 5.74) is 0.447. The lowest BCUT2D eigenvalue weighted by Crippen LogP contribution is -2.47. The van der Waals surface area contributed by atoms with Gasteiger partial charge in [0.15, 0.2) is 6.61 Å². The molecule has 3 rings (SSSR count). The molecule has 32 heavy (non-hydrogen) atoms. The molecule has 172 valence electrons. The van der Waals surface area contributed by atoms with Crippen molar-refractivity contribution < 1.29 is 41.7 Å². The number of rotatable bonds is 7. The molecule has 1 unspecified atom stereocenters. The van der Waals surface area contributed by atoms with Crippen molar-refractivity contribution in [1.29, 1.82) is 0 Å². The maximum absolute atomic E-state index is 12.7. The summed E-state index contributed by atoms with van der Waals surface area (Å²) in [5, 5.41) is 0. The van der Waals surface area contributed by atoms with Gasteiger partial charge in [0.25, 0.3) is 5.91 Å². The molecule has 0 aliphatic carbocycles. The van der Waals surface area contributed by atoms with Crippen LogP contribution in [0.15, 0.2) is 36.8 Å². The van der Waals surface area contributed by atoms with E-state index in [4.69, 9.17) is 9.47 Å². The van der Waals surface area contributed by atoms with E-state index in [1.54, 1.807) is 0 Å². The molecule has 1 aliphatic heterocycles. The van der Waals surface area contributed by atoms with Gasteiger partial charge in [0.05, 0.1) is 37.6 Å². The number of alkyl halides is 3. The zero-order valence-corrected chi connectivity index (χ0v) is 17.0. The summed E-state index contributed by atoms with van der Waals surface area (Å²) >= 11 is 0. The minimum absolute atomic E-state index is 0.110. The van der Waals surface area contributed by atoms with Gasteiger partial charge in [-0.15, -0.1) is 0 Å². The minimum atomic E-state index is -4.47. The molecule has 3 heterocycles. The Kier molecular flexibility index (Phi) is 7.46. The first-order valence-corrected chi connectivity index (χ1v) is 9.48. The molecule has 0 N–H and O–H groups in total. The SMILES string of the molecule is COC(=O)c1cncc(OCC2CN(C(=O)c3ccc(OCC(F)(F)F)nc3)CCO2)c1. The van der Waals surface area contributed by atoms with Crippen LogP contribution in [-0.2, 0) is 9.47 Å². The molecule has 2 aromatic heterocycles. The zero-order valence-electron chi connectivity index (χ0n) is 17.0. The number of aromatic nitrogens is 2. The number of carbonyl (C=O) groups is 2. The molecule has 9 nitrogen and oxygen atoms in total. The highest BCUT2D eigenvalue weighted by Gasteiger charge is 2.29. The van der Waals surface area contributed by atoms with E-state index in [2.05, 4.69) is 19.4 Å². The normalized spacial score (nSPS) is 16.4. The van der Waals surface area contributed by atoms with Gasteiger partial charge < -0.3 is 23.8 Å². The fourth-order valence-corrected chi connectivity index (χ4v) is 2.85. The van der Waals surface area contributed by atoms with E-state index in [1.807, 2.05) is 0 Å². The van der Waals surface area contributed by atoms with Crippen molar-refractivity contribution in [2.75, 3.05) is 40.0 Å². The van der Waals surface area contributed by atoms with E-state index in [-0.39, 0.29) is 42.7 Å². The average Bonchev–Trinajstić information content (AvgIpc) is 2.80. The number of hydrogen-bond donors (Lipinski definition) is 0. The van der Waals surface area contributed by atoms with Crippen LogP contribution in [0.5, 0.6) is 11.6 Å². The highest BCUT2D eigenvalue weighted by atomic mass is 19.4. The van der Waals surface area contributed by atoms with Gasteiger partial charge in [0.2, 0.25) is 5.88 Å². The Bertz CT molecular complexity index is 939. The summed E-state index contributed by atoms with van der Waals surface area (Å²) in [5.74, 6) is -0.770. The third kappa shape index (κ3) is 6.54. The van der Waals surface area contributed by atoms with Crippen molar-refractivity contribution in [3.05, 3.63) is 47.9 Å². The van der Waals surface area contributed by atoms with Gasteiger partial charge in [-0.3, -0.25) is 9.78 Å². The second-order valence-electron chi connectivity index (χ2n) is 6.74. The molecule has 1 fully saturated rings. The van der Waals surface area contributed by atoms with E-state index in [0.29, 0.717) is 12.3 Å². The van der Waals surface area contributed by atoms with E-state index < -0.39 is 24.9 Å². The summed E-state index contributed by atoms with van der Waals surface area (Å²) in [6, 6.07) is 4.05. The lowest BCUT2D eigenvalue weighted by atomic mass is 10.2. The van der Waals surface area contributed by atoms with Gasteiger partial charge in [-0.25, -0.2) is 9.78 Å². The maximum atomic E-state index is 12.7. The molecule has 0 radical (unpaired) electrons. The Morgan fingerprint density at radius 1 is 1.19 bits per heavy atom. The van der Waals surface area contributed by atoms with Crippen molar-refractivity contribution in [2.24, 2.45) is 0 Å². The molecule has 1 aliphatic rings. The number of carbonyl (C=O) groups excluding carboxylic acids is 2. The Hall–Kier alpha value is -3.41. The van der Waals surface area contributed by atoms with Gasteiger partial charge in [-0.05, 0) is 12.1 Å². The number of amides is 1. The van der Waals surface area contributed by atoms with Crippen LogP contribution in [-0.4, -0.2) is 79.0 Å². The Labute approximate surface area is 181 Å². The lowest BCUT2D eigenvalue weighted by Gasteiger charge is -2.32. The zero-order chi connectivity index (χ0) is 23.1. The predicted octanol–water partition coefficient (Wildman–Crippen LogP) is 2.12. The summed E-state index contributed by atoms with van der Waals surface area (Å²) in [7, 11) is 1.26. The molecular formula is C20H20F3N3O6. The van der Waals surface area contributed by atoms with E-state index >= 15 is 0 Å². The standard InChI is InChI=1S/C20H20F3N3O6/c1-29-19(28)14-6-15(9-24-7-14)31-11-16-10-26(4-5-30-16)18(27)13-2-3-17(25-8-13)32-12-20(21,22)23/h2-3,6-9,16H,4-5,10-12H2,1H3. The van der Waals surface area contributed by atoms with Crippen LogP contribution >= 0.6 is 0 Å². The first-order chi connectivity index (χ1) is 15.2. The van der Waals surface area contributed by atoms with Gasteiger partial charge >= 0.3 is 12.1 Å². The van der Waals surface area contributed by atoms with Gasteiger partial charge in [0, 0.05) is 25.0 Å². The van der Waals surface area contributed by atoms with Crippen molar-refractivity contribution in [2.45, 2.75) is 12.3 Å². The monoisotopic (exact) mass is 455 g/mol. The van der Waals surface area contributed by atoms with E-state index in [9.17, 15) is 22.8 Å². The lowest BCUT2D eigenvalue weighted by molar-refractivity contribution is -0.154. The predicted molar refractivity (Wildman–Crippen MR) is 103 cm³/mol. The fraction of sp³-hybridized carbons (Fsp3) is 0.400. The quantitative estimate of drug-likeness (QED) is 0.586. The van der Waals surface area contributed by atoms with Crippen LogP contribution in [0.4, 0.5) is 13.2 Å². The summed E-state index contributed by atoms with van der Waals surface area (Å²) < 4.78 is 57.1. The van der Waals surface area contributed by atoms with Crippen molar-refractivity contribution in [3.63, 3.8) is 0 Å². The molecule has 1 amide bonds. The van der Waals surface area contributed by atoms with Gasteiger partial charge in [-0.1, -0.05) is 0 Å². The van der Waals surface area contributed by atoms with Crippen LogP contribution in [0.1, 0.15) is 20.7 Å². The van der Waals surface area contributed by atoms with Crippen LogP contribution in [0.25, 0.3) is 0 Å². The number of halogens is 3. The number of pyridine rings is 2. The highest BCUT2D eigenvalue weighted by molar-refractivity contribution is 5.94. The molecule has 1 atom stereocenters. The number of ether oxygens (including phenoxy) is 4. The Morgan fingerprint density at radius 2 is 2.00 bits per heavy atom. The molecule has 0 spiro atoms. The number of hydrogen-bond acceptors (Lipinski definition) is 8. The second-order valence-corrected chi connectivity index (χ2v) is 6.74. The topological polar surface area (TPSA) is 100 Å². The van der Waals surface area contributed by atoms with Crippen LogP contribution in [0, 0.1) is 0 Å². The first-order valence-electron chi connectivity index (χ1n) is 9.48. The Balaban J connectivity index is 1.54. The number of morpholine rings is 1. The minimum Gasteiger partial charge on any atom is -0.489 e. The number of methoxy groups -OCH3 is 1. The molecule has 2 aromatic rings. The highest BCUT2D eigenvalue weighted by Crippen LogP contribution is 2.18. The van der Waals surface area contributed by atoms with Gasteiger partial charge in [0.1, 0.15) is 18.5 Å². The molecule has 0 saturated carbocycles. The van der Waals surface area contributed by atoms with Crippen molar-refractivity contribution >= 4 is 11.9 Å². The fourth-order valence-electron chi connectivity index (χ4n) is 2.85. The van der Waals surface area contributed by atoms with Crippen LogP contribution in [0.2, 0.25) is 0 Å². The second kappa shape index (κ2) is 10.3. The molecule has 1 saturated heterocycles. The third-order valence-corrected chi connectivity index (χ3v) is 4.36. The van der Waals surface area contributed by atoms with E-state index in [1.165, 1.54) is 48.8 Å². The summed E-state index contributed by atoms with van der Waals surface area (Å²) in [6.45, 7) is -0.508. The third-order valence-electron chi connectivity index (χ3n) is 4.36. The Morgan fingerprint density at radius 3 is 2.69 bits per heavy atom. The van der Waals surface area contributed by atoms with Crippen LogP contribution in [0.3, 0.4) is 0 Å². The number of esters is 1. The average molecular weight is 455 g/mol. The molecule has 12 heteroatoms. The largest absolute Gasteiger partial charge is 0.489 e. The summed E-state index contributed by atoms with van der Waals surface area (Å²) in [4.78, 5) is 33.5. The van der Waals surface area contributed by atoms with Gasteiger partial charge in [-0.2, -0.15) is 13.2 Å². The molecule has 0 bridgehead atoms. The summed E-state index contributed by atoms with van der Waals surface area (Å²) in [6.07, 6.45) is -0.955. The van der Waals surface area contributed by atoms with E-state index in [0.717, 1.165) is 0 Å². The van der Waals surface area contributed by atoms with Crippen molar-refractivity contribution in [3.8, 4) is 11.6 Å². The first kappa shape index (κ1) is 23.3. The maximum Gasteiger partial charge on any atom is 0.422 e. The van der Waals surface area contributed by atoms with Crippen molar-refractivity contribution in [1.82, 2.24) is 14.9 Å². The smallest absolute Gasteiger partial charge is 0.422 e. The van der Waals surface area contributed by atoms with Crippen LogP contribution < -0.4 is 9.47 Å². The molecular weight excluding hydrogens is 435 g/mol.